The third-order valence-corrected chi connectivity index (χ3v) is 3.03. The Morgan fingerprint density at radius 1 is 1.53 bits per heavy atom. The third kappa shape index (κ3) is 2.96. The summed E-state index contributed by atoms with van der Waals surface area (Å²) in [6, 6.07) is 4.41. The molecule has 1 aliphatic rings. The van der Waals surface area contributed by atoms with E-state index in [4.69, 9.17) is 4.74 Å². The minimum atomic E-state index is -0.588. The molecule has 0 saturated carbocycles. The number of hydrogen-bond donors (Lipinski definition) is 1. The lowest BCUT2D eigenvalue weighted by Gasteiger charge is -2.32. The minimum Gasteiger partial charge on any atom is -0.505 e. The molecule has 0 radical (unpaired) electrons. The fourth-order valence-corrected chi connectivity index (χ4v) is 2.15. The van der Waals surface area contributed by atoms with E-state index in [0.717, 1.165) is 31.6 Å². The predicted octanol–water partition coefficient (Wildman–Crippen LogP) is 2.31. The molecule has 0 spiro atoms. The van der Waals surface area contributed by atoms with E-state index in [2.05, 4.69) is 11.8 Å². The Labute approximate surface area is 101 Å². The number of hydrogen-bond acceptors (Lipinski definition) is 3. The number of rotatable bonds is 3. The second-order valence-corrected chi connectivity index (χ2v) is 4.37. The van der Waals surface area contributed by atoms with Gasteiger partial charge < -0.3 is 9.84 Å². The van der Waals surface area contributed by atoms with Crippen molar-refractivity contribution in [2.45, 2.75) is 19.4 Å². The van der Waals surface area contributed by atoms with E-state index >= 15 is 0 Å². The summed E-state index contributed by atoms with van der Waals surface area (Å²) in [6.45, 7) is 5.63. The van der Waals surface area contributed by atoms with E-state index in [0.29, 0.717) is 6.61 Å². The Hall–Kier alpha value is -1.13. The summed E-state index contributed by atoms with van der Waals surface area (Å²) in [4.78, 5) is 2.33. The van der Waals surface area contributed by atoms with Crippen LogP contribution in [0, 0.1) is 5.82 Å². The Morgan fingerprint density at radius 2 is 2.35 bits per heavy atom. The van der Waals surface area contributed by atoms with Crippen LogP contribution in [0.15, 0.2) is 18.2 Å². The first-order valence-corrected chi connectivity index (χ1v) is 6.03. The van der Waals surface area contributed by atoms with Crippen molar-refractivity contribution >= 4 is 0 Å². The number of benzene rings is 1. The van der Waals surface area contributed by atoms with E-state index in [1.165, 1.54) is 12.1 Å². The zero-order chi connectivity index (χ0) is 12.3. The number of halogens is 1. The first-order valence-electron chi connectivity index (χ1n) is 6.03. The number of aromatic hydroxyl groups is 1. The van der Waals surface area contributed by atoms with Crippen molar-refractivity contribution in [2.75, 3.05) is 26.2 Å². The smallest absolute Gasteiger partial charge is 0.164 e. The molecule has 0 unspecified atom stereocenters. The van der Waals surface area contributed by atoms with Gasteiger partial charge in [-0.15, -0.1) is 0 Å². The van der Waals surface area contributed by atoms with E-state index in [-0.39, 0.29) is 11.9 Å². The Kier molecular flexibility index (Phi) is 3.97. The van der Waals surface area contributed by atoms with Crippen LogP contribution in [0.5, 0.6) is 5.75 Å². The summed E-state index contributed by atoms with van der Waals surface area (Å²) in [6.07, 6.45) is 1.04. The number of phenols is 1. The lowest BCUT2D eigenvalue weighted by molar-refractivity contribution is -0.0299. The first-order chi connectivity index (χ1) is 8.20. The molecule has 4 heteroatoms. The van der Waals surface area contributed by atoms with Gasteiger partial charge in [-0.2, -0.15) is 0 Å². The van der Waals surface area contributed by atoms with Crippen LogP contribution in [-0.4, -0.2) is 36.2 Å². The second kappa shape index (κ2) is 5.47. The van der Waals surface area contributed by atoms with Gasteiger partial charge in [-0.3, -0.25) is 4.90 Å². The fraction of sp³-hybridized carbons (Fsp3) is 0.538. The molecule has 1 aromatic rings. The van der Waals surface area contributed by atoms with Crippen molar-refractivity contribution in [3.8, 4) is 5.75 Å². The van der Waals surface area contributed by atoms with E-state index < -0.39 is 5.82 Å². The molecule has 94 valence electrons. The van der Waals surface area contributed by atoms with Gasteiger partial charge in [0.05, 0.1) is 12.7 Å². The Balaban J connectivity index is 2.08. The van der Waals surface area contributed by atoms with Crippen molar-refractivity contribution in [1.82, 2.24) is 4.90 Å². The summed E-state index contributed by atoms with van der Waals surface area (Å²) < 4.78 is 18.6. The van der Waals surface area contributed by atoms with Crippen LogP contribution >= 0.6 is 0 Å². The average molecular weight is 239 g/mol. The molecule has 2 rings (SSSR count). The maximum atomic E-state index is 13.0. The number of morpholine rings is 1. The topological polar surface area (TPSA) is 32.7 Å². The van der Waals surface area contributed by atoms with Crippen LogP contribution in [0.3, 0.4) is 0 Å². The SMILES string of the molecule is CCCN1CCO[C@H](c2ccc(F)c(O)c2)C1. The molecule has 0 amide bonds. The van der Waals surface area contributed by atoms with Gasteiger partial charge in [0.2, 0.25) is 0 Å². The summed E-state index contributed by atoms with van der Waals surface area (Å²) >= 11 is 0. The normalized spacial score (nSPS) is 21.6. The van der Waals surface area contributed by atoms with Gasteiger partial charge in [0.1, 0.15) is 0 Å². The molecule has 1 aliphatic heterocycles. The summed E-state index contributed by atoms with van der Waals surface area (Å²) in [5.41, 5.74) is 0.838. The lowest BCUT2D eigenvalue weighted by Crippen LogP contribution is -2.38. The van der Waals surface area contributed by atoms with Crippen LogP contribution in [-0.2, 0) is 4.74 Å². The number of phenolic OH excluding ortho intramolecular Hbond substituents is 1. The molecule has 1 saturated heterocycles. The van der Waals surface area contributed by atoms with Gasteiger partial charge in [0, 0.05) is 13.1 Å². The van der Waals surface area contributed by atoms with Crippen LogP contribution in [0.4, 0.5) is 4.39 Å². The summed E-state index contributed by atoms with van der Waals surface area (Å²) in [5, 5.41) is 9.36. The van der Waals surface area contributed by atoms with Crippen molar-refractivity contribution < 1.29 is 14.2 Å². The van der Waals surface area contributed by atoms with Gasteiger partial charge in [0.15, 0.2) is 11.6 Å². The summed E-state index contributed by atoms with van der Waals surface area (Å²) in [7, 11) is 0. The second-order valence-electron chi connectivity index (χ2n) is 4.37. The van der Waals surface area contributed by atoms with Gasteiger partial charge in [-0.05, 0) is 30.7 Å². The highest BCUT2D eigenvalue weighted by Gasteiger charge is 2.22. The number of ether oxygens (including phenoxy) is 1. The Morgan fingerprint density at radius 3 is 3.06 bits per heavy atom. The fourth-order valence-electron chi connectivity index (χ4n) is 2.15. The van der Waals surface area contributed by atoms with E-state index in [1.807, 2.05) is 0 Å². The van der Waals surface area contributed by atoms with E-state index in [1.54, 1.807) is 6.07 Å². The quantitative estimate of drug-likeness (QED) is 0.878. The van der Waals surface area contributed by atoms with Crippen molar-refractivity contribution in [3.05, 3.63) is 29.6 Å². The molecule has 0 bridgehead atoms. The third-order valence-electron chi connectivity index (χ3n) is 3.03. The van der Waals surface area contributed by atoms with Crippen molar-refractivity contribution in [3.63, 3.8) is 0 Å². The largest absolute Gasteiger partial charge is 0.505 e. The zero-order valence-electron chi connectivity index (χ0n) is 10.0. The van der Waals surface area contributed by atoms with Gasteiger partial charge >= 0.3 is 0 Å². The monoisotopic (exact) mass is 239 g/mol. The molecular weight excluding hydrogens is 221 g/mol. The highest BCUT2D eigenvalue weighted by molar-refractivity contribution is 5.30. The van der Waals surface area contributed by atoms with Crippen molar-refractivity contribution in [2.24, 2.45) is 0 Å². The molecular formula is C13H18FNO2. The van der Waals surface area contributed by atoms with Crippen molar-refractivity contribution in [1.29, 1.82) is 0 Å². The highest BCUT2D eigenvalue weighted by Crippen LogP contribution is 2.26. The van der Waals surface area contributed by atoms with Gasteiger partial charge in [-0.1, -0.05) is 13.0 Å². The predicted molar refractivity (Wildman–Crippen MR) is 63.5 cm³/mol. The molecule has 1 N–H and O–H groups in total. The molecule has 1 atom stereocenters. The Bertz CT molecular complexity index is 382. The van der Waals surface area contributed by atoms with Gasteiger partial charge in [0.25, 0.3) is 0 Å². The van der Waals surface area contributed by atoms with Crippen LogP contribution in [0.25, 0.3) is 0 Å². The maximum absolute atomic E-state index is 13.0. The van der Waals surface area contributed by atoms with Gasteiger partial charge in [-0.25, -0.2) is 4.39 Å². The molecule has 0 aromatic heterocycles. The van der Waals surface area contributed by atoms with E-state index in [9.17, 15) is 9.50 Å². The molecule has 3 nitrogen and oxygen atoms in total. The van der Waals surface area contributed by atoms with Crippen LogP contribution < -0.4 is 0 Å². The number of nitrogens with zero attached hydrogens (tertiary/aromatic N) is 1. The minimum absolute atomic E-state index is 0.0678. The zero-order valence-corrected chi connectivity index (χ0v) is 10.0. The van der Waals surface area contributed by atoms with Crippen LogP contribution in [0.2, 0.25) is 0 Å². The molecule has 0 aliphatic carbocycles. The highest BCUT2D eigenvalue weighted by atomic mass is 19.1. The average Bonchev–Trinajstić information content (AvgIpc) is 2.33. The maximum Gasteiger partial charge on any atom is 0.164 e. The summed E-state index contributed by atoms with van der Waals surface area (Å²) in [5.74, 6) is -0.895. The van der Waals surface area contributed by atoms with Crippen LogP contribution in [0.1, 0.15) is 25.0 Å². The molecule has 1 aromatic carbocycles. The molecule has 1 fully saturated rings. The lowest BCUT2D eigenvalue weighted by atomic mass is 10.1. The molecule has 1 heterocycles. The standard InChI is InChI=1S/C13H18FNO2/c1-2-5-15-6-7-17-13(9-15)10-3-4-11(14)12(16)8-10/h3-4,8,13,16H,2,5-7,9H2,1H3/t13-/m0/s1. The molecule has 17 heavy (non-hydrogen) atoms. The first kappa shape index (κ1) is 12.3.